The Morgan fingerprint density at radius 2 is 1.41 bits per heavy atom. The van der Waals surface area contributed by atoms with Crippen molar-refractivity contribution in [2.24, 2.45) is 17.6 Å². The van der Waals surface area contributed by atoms with Gasteiger partial charge in [-0.15, -0.1) is 0 Å². The number of carboxylic acids is 1. The number of hydrogen-bond acceptors (Lipinski definition) is 3. The second-order valence-corrected chi connectivity index (χ2v) is 11.6. The summed E-state index contributed by atoms with van der Waals surface area (Å²) < 4.78 is 123. The Hall–Kier alpha value is -3.29. The lowest BCUT2D eigenvalue weighted by atomic mass is 9.75. The van der Waals surface area contributed by atoms with E-state index in [1.807, 2.05) is 0 Å². The minimum absolute atomic E-state index is 0.0452. The van der Waals surface area contributed by atoms with Crippen LogP contribution in [0.3, 0.4) is 0 Å². The van der Waals surface area contributed by atoms with Gasteiger partial charge in [0.2, 0.25) is 5.91 Å². The largest absolute Gasteiger partial charge is 0.481 e. The van der Waals surface area contributed by atoms with Crippen LogP contribution in [0, 0.1) is 11.8 Å². The Morgan fingerprint density at radius 3 is 1.89 bits per heavy atom. The van der Waals surface area contributed by atoms with Crippen molar-refractivity contribution in [1.82, 2.24) is 0 Å². The van der Waals surface area contributed by atoms with Crippen molar-refractivity contribution in [3.05, 3.63) is 64.2 Å². The number of amides is 1. The third-order valence-electron chi connectivity index (χ3n) is 8.70. The number of carbonyl (C=O) groups is 2. The molecular weight excluding hydrogens is 607 g/mol. The Balaban J connectivity index is 1.78. The number of fused-ring (bicyclic) bond motifs is 1. The van der Waals surface area contributed by atoms with E-state index in [4.69, 9.17) is 10.8 Å². The Bertz CT molecular complexity index is 1350. The maximum absolute atomic E-state index is 13.9. The number of anilines is 1. The number of hydrogen-bond donors (Lipinski definition) is 2. The average molecular weight is 639 g/mol. The first-order chi connectivity index (χ1) is 20.3. The normalized spacial score (nSPS) is 23.7. The van der Waals surface area contributed by atoms with E-state index in [2.05, 4.69) is 0 Å². The van der Waals surface area contributed by atoms with Gasteiger partial charge in [-0.1, -0.05) is 6.92 Å². The Kier molecular flexibility index (Phi) is 9.35. The zero-order chi connectivity index (χ0) is 32.8. The molecule has 5 nitrogen and oxygen atoms in total. The van der Waals surface area contributed by atoms with Crippen LogP contribution in [0.2, 0.25) is 0 Å². The first-order valence-corrected chi connectivity index (χ1v) is 14.1. The molecule has 3 N–H and O–H groups in total. The molecule has 1 aliphatic heterocycles. The van der Waals surface area contributed by atoms with Crippen molar-refractivity contribution in [3.63, 3.8) is 0 Å². The van der Waals surface area contributed by atoms with E-state index in [0.29, 0.717) is 37.8 Å². The number of alkyl halides is 9. The molecule has 0 bridgehead atoms. The second kappa shape index (κ2) is 12.2. The van der Waals surface area contributed by atoms with Crippen molar-refractivity contribution >= 4 is 17.6 Å². The quantitative estimate of drug-likeness (QED) is 0.312. The number of carbonyl (C=O) groups excluding carboxylic acids is 1. The molecule has 0 saturated heterocycles. The highest BCUT2D eigenvalue weighted by atomic mass is 19.4. The summed E-state index contributed by atoms with van der Waals surface area (Å²) in [5.41, 5.74) is 1.45. The smallest absolute Gasteiger partial charge is 0.416 e. The summed E-state index contributed by atoms with van der Waals surface area (Å²) in [5.74, 6) is -3.14. The molecule has 14 heteroatoms. The number of nitrogens with two attached hydrogens (primary N) is 1. The van der Waals surface area contributed by atoms with Gasteiger partial charge in [0, 0.05) is 36.0 Å². The van der Waals surface area contributed by atoms with E-state index in [0.717, 1.165) is 18.2 Å². The van der Waals surface area contributed by atoms with Gasteiger partial charge in [0.25, 0.3) is 0 Å². The molecule has 0 radical (unpaired) electrons. The minimum Gasteiger partial charge on any atom is -0.481 e. The van der Waals surface area contributed by atoms with Crippen molar-refractivity contribution in [2.75, 3.05) is 4.90 Å². The predicted octanol–water partition coefficient (Wildman–Crippen LogP) is 8.32. The molecule has 0 aromatic heterocycles. The summed E-state index contributed by atoms with van der Waals surface area (Å²) >= 11 is 0. The van der Waals surface area contributed by atoms with Gasteiger partial charge in [0.1, 0.15) is 0 Å². The molecule has 0 spiro atoms. The van der Waals surface area contributed by atoms with Crippen LogP contribution in [0.1, 0.15) is 91.6 Å². The lowest BCUT2D eigenvalue weighted by molar-refractivity contribution is -0.143. The molecular formula is C30H31F9N2O3. The van der Waals surface area contributed by atoms with Crippen LogP contribution >= 0.6 is 0 Å². The van der Waals surface area contributed by atoms with Gasteiger partial charge >= 0.3 is 24.5 Å². The molecule has 3 unspecified atom stereocenters. The highest BCUT2D eigenvalue weighted by molar-refractivity contribution is 5.97. The monoisotopic (exact) mass is 638 g/mol. The van der Waals surface area contributed by atoms with Gasteiger partial charge in [-0.05, 0) is 92.0 Å². The maximum atomic E-state index is 13.9. The standard InChI is InChI=1S/C30H31F9N2O3/c1-2-21-14-23(26(40)17-10-19(29(34,35)36)12-20(11-17)30(37,38)39)22-13-18(28(31,32)33)7-8-24(22)41(21)27(44)16-5-3-15(4-6-16)9-25(42)43/h7-8,10-13,15-16,21,23,26H,2-6,9,14,40H2,1H3,(H,42,43). The van der Waals surface area contributed by atoms with Gasteiger partial charge in [-0.25, -0.2) is 0 Å². The predicted molar refractivity (Wildman–Crippen MR) is 141 cm³/mol. The van der Waals surface area contributed by atoms with Gasteiger partial charge in [0.15, 0.2) is 0 Å². The molecule has 2 aliphatic rings. The SMILES string of the molecule is CCC1CC(C(N)c2cc(C(F)(F)F)cc(C(F)(F)F)c2)c2cc(C(F)(F)F)ccc2N1C(=O)C1CCC(CC(=O)O)CC1. The van der Waals surface area contributed by atoms with Crippen molar-refractivity contribution in [2.45, 2.75) is 88.4 Å². The fourth-order valence-electron chi connectivity index (χ4n) is 6.42. The maximum Gasteiger partial charge on any atom is 0.416 e. The number of nitrogens with zero attached hydrogens (tertiary/aromatic N) is 1. The van der Waals surface area contributed by atoms with Crippen LogP contribution in [-0.4, -0.2) is 23.0 Å². The van der Waals surface area contributed by atoms with Gasteiger partial charge in [0.05, 0.1) is 16.7 Å². The topological polar surface area (TPSA) is 83.6 Å². The third-order valence-corrected chi connectivity index (χ3v) is 8.70. The van der Waals surface area contributed by atoms with Crippen molar-refractivity contribution in [3.8, 4) is 0 Å². The third kappa shape index (κ3) is 7.16. The van der Waals surface area contributed by atoms with E-state index in [-0.39, 0.29) is 48.4 Å². The highest BCUT2D eigenvalue weighted by Crippen LogP contribution is 2.49. The number of rotatable bonds is 6. The highest BCUT2D eigenvalue weighted by Gasteiger charge is 2.44. The Labute approximate surface area is 247 Å². The van der Waals surface area contributed by atoms with E-state index in [1.165, 1.54) is 4.90 Å². The molecule has 1 heterocycles. The lowest BCUT2D eigenvalue weighted by Crippen LogP contribution is -2.49. The average Bonchev–Trinajstić information content (AvgIpc) is 2.93. The Morgan fingerprint density at radius 1 is 0.864 bits per heavy atom. The fraction of sp³-hybridized carbons (Fsp3) is 0.533. The van der Waals surface area contributed by atoms with Crippen LogP contribution < -0.4 is 10.6 Å². The van der Waals surface area contributed by atoms with Crippen molar-refractivity contribution in [1.29, 1.82) is 0 Å². The van der Waals surface area contributed by atoms with Gasteiger partial charge in [-0.2, -0.15) is 39.5 Å². The van der Waals surface area contributed by atoms with Crippen LogP contribution in [0.25, 0.3) is 0 Å². The van der Waals surface area contributed by atoms with Crippen LogP contribution in [0.4, 0.5) is 45.2 Å². The van der Waals surface area contributed by atoms with Crippen LogP contribution in [0.15, 0.2) is 36.4 Å². The molecule has 2 aromatic carbocycles. The number of aliphatic carboxylic acids is 1. The molecule has 1 amide bonds. The summed E-state index contributed by atoms with van der Waals surface area (Å²) in [6.45, 7) is 1.71. The summed E-state index contributed by atoms with van der Waals surface area (Å²) in [7, 11) is 0. The molecule has 1 aliphatic carbocycles. The molecule has 2 aromatic rings. The molecule has 242 valence electrons. The zero-order valence-electron chi connectivity index (χ0n) is 23.5. The molecule has 1 fully saturated rings. The van der Waals surface area contributed by atoms with Crippen LogP contribution in [0.5, 0.6) is 0 Å². The number of benzene rings is 2. The first-order valence-electron chi connectivity index (χ1n) is 14.1. The van der Waals surface area contributed by atoms with Gasteiger partial charge < -0.3 is 15.7 Å². The summed E-state index contributed by atoms with van der Waals surface area (Å²) in [6, 6.07) is 1.30. The van der Waals surface area contributed by atoms with E-state index in [1.54, 1.807) is 6.92 Å². The van der Waals surface area contributed by atoms with E-state index < -0.39 is 70.7 Å². The molecule has 4 rings (SSSR count). The second-order valence-electron chi connectivity index (χ2n) is 11.6. The minimum atomic E-state index is -5.15. The number of halogens is 9. The molecule has 3 atom stereocenters. The van der Waals surface area contributed by atoms with Gasteiger partial charge in [-0.3, -0.25) is 9.59 Å². The summed E-state index contributed by atoms with van der Waals surface area (Å²) in [5, 5.41) is 9.09. The van der Waals surface area contributed by atoms with E-state index in [9.17, 15) is 49.1 Å². The lowest BCUT2D eigenvalue weighted by Gasteiger charge is -2.44. The van der Waals surface area contributed by atoms with Crippen molar-refractivity contribution < 1.29 is 54.2 Å². The zero-order valence-corrected chi connectivity index (χ0v) is 23.5. The molecule has 1 saturated carbocycles. The number of carboxylic acid groups (broad SMARTS) is 1. The summed E-state index contributed by atoms with van der Waals surface area (Å²) in [4.78, 5) is 26.3. The van der Waals surface area contributed by atoms with E-state index >= 15 is 0 Å². The van der Waals surface area contributed by atoms with Crippen LogP contribution in [-0.2, 0) is 28.1 Å². The molecule has 44 heavy (non-hydrogen) atoms. The fourth-order valence-corrected chi connectivity index (χ4v) is 6.42. The first kappa shape index (κ1) is 33.6. The summed E-state index contributed by atoms with van der Waals surface area (Å²) in [6.07, 6.45) is -13.3.